The van der Waals surface area contributed by atoms with Crippen LogP contribution >= 0.6 is 0 Å². The molecule has 0 radical (unpaired) electrons. The molecule has 0 unspecified atom stereocenters. The number of nitrogens with zero attached hydrogens (tertiary/aromatic N) is 4. The van der Waals surface area contributed by atoms with Gasteiger partial charge in [-0.15, -0.1) is 0 Å². The van der Waals surface area contributed by atoms with E-state index < -0.39 is 5.97 Å². The Morgan fingerprint density at radius 3 is 2.87 bits per heavy atom. The molecule has 76 valence electrons. The van der Waals surface area contributed by atoms with Gasteiger partial charge in [0.1, 0.15) is 18.2 Å². The molecule has 0 fully saturated rings. The van der Waals surface area contributed by atoms with E-state index in [0.717, 1.165) is 5.69 Å². The van der Waals surface area contributed by atoms with Crippen LogP contribution in [0.25, 0.3) is 5.82 Å². The maximum Gasteiger partial charge on any atom is 0.339 e. The maximum atomic E-state index is 10.9. The second-order valence-corrected chi connectivity index (χ2v) is 2.97. The van der Waals surface area contributed by atoms with Crippen molar-refractivity contribution in [1.82, 2.24) is 19.7 Å². The largest absolute Gasteiger partial charge is 0.478 e. The monoisotopic (exact) mass is 204 g/mol. The van der Waals surface area contributed by atoms with Crippen LogP contribution in [0.1, 0.15) is 16.1 Å². The lowest BCUT2D eigenvalue weighted by Crippen LogP contribution is -2.08. The summed E-state index contributed by atoms with van der Waals surface area (Å²) in [5.41, 5.74) is 0.830. The molecule has 0 atom stereocenters. The Bertz CT molecular complexity index is 493. The third-order valence-corrected chi connectivity index (χ3v) is 1.88. The summed E-state index contributed by atoms with van der Waals surface area (Å²) in [4.78, 5) is 18.8. The number of aromatic nitrogens is 4. The highest BCUT2D eigenvalue weighted by atomic mass is 16.4. The van der Waals surface area contributed by atoms with Crippen molar-refractivity contribution >= 4 is 5.97 Å². The van der Waals surface area contributed by atoms with Crippen LogP contribution in [-0.2, 0) is 0 Å². The quantitative estimate of drug-likeness (QED) is 0.777. The van der Waals surface area contributed by atoms with E-state index >= 15 is 0 Å². The Balaban J connectivity index is 2.63. The van der Waals surface area contributed by atoms with Gasteiger partial charge < -0.3 is 5.11 Å². The van der Waals surface area contributed by atoms with Gasteiger partial charge in [0.15, 0.2) is 5.82 Å². The van der Waals surface area contributed by atoms with Crippen LogP contribution < -0.4 is 0 Å². The number of rotatable bonds is 2. The minimum absolute atomic E-state index is 0.103. The fourth-order valence-corrected chi connectivity index (χ4v) is 1.20. The highest BCUT2D eigenvalue weighted by Gasteiger charge is 2.13. The van der Waals surface area contributed by atoms with Gasteiger partial charge in [-0.3, -0.25) is 0 Å². The molecule has 0 aliphatic heterocycles. The van der Waals surface area contributed by atoms with Crippen molar-refractivity contribution in [3.8, 4) is 5.82 Å². The van der Waals surface area contributed by atoms with Gasteiger partial charge in [0.25, 0.3) is 0 Å². The van der Waals surface area contributed by atoms with Gasteiger partial charge in [-0.1, -0.05) is 0 Å². The Hall–Kier alpha value is -2.24. The summed E-state index contributed by atoms with van der Waals surface area (Å²) in [5, 5.41) is 12.8. The Labute approximate surface area is 85.2 Å². The first kappa shape index (κ1) is 9.32. The van der Waals surface area contributed by atoms with Gasteiger partial charge >= 0.3 is 5.97 Å². The van der Waals surface area contributed by atoms with E-state index in [-0.39, 0.29) is 11.4 Å². The van der Waals surface area contributed by atoms with Crippen LogP contribution in [0, 0.1) is 6.92 Å². The number of pyridine rings is 1. The molecule has 2 heterocycles. The molecule has 1 N–H and O–H groups in total. The first-order valence-electron chi connectivity index (χ1n) is 4.24. The van der Waals surface area contributed by atoms with Gasteiger partial charge in [-0.05, 0) is 19.1 Å². The molecule has 0 aliphatic carbocycles. The van der Waals surface area contributed by atoms with Gasteiger partial charge in [0.2, 0.25) is 0 Å². The third kappa shape index (κ3) is 1.69. The minimum Gasteiger partial charge on any atom is -0.478 e. The molecule has 0 aliphatic rings. The Morgan fingerprint density at radius 1 is 1.47 bits per heavy atom. The van der Waals surface area contributed by atoms with Crippen LogP contribution in [0.3, 0.4) is 0 Å². The number of hydrogen-bond donors (Lipinski definition) is 1. The average molecular weight is 204 g/mol. The van der Waals surface area contributed by atoms with Gasteiger partial charge in [-0.2, -0.15) is 5.10 Å². The first-order chi connectivity index (χ1) is 7.18. The predicted molar refractivity (Wildman–Crippen MR) is 50.9 cm³/mol. The fraction of sp³-hybridized carbons (Fsp3) is 0.111. The predicted octanol–water partition coefficient (Wildman–Crippen LogP) is 0.669. The summed E-state index contributed by atoms with van der Waals surface area (Å²) in [6.45, 7) is 1.78. The molecule has 2 aromatic heterocycles. The van der Waals surface area contributed by atoms with Crippen molar-refractivity contribution in [2.75, 3.05) is 0 Å². The number of aryl methyl sites for hydroxylation is 1. The molecule has 6 heteroatoms. The summed E-state index contributed by atoms with van der Waals surface area (Å²) in [5.74, 6) is -0.756. The molecule has 0 spiro atoms. The van der Waals surface area contributed by atoms with E-state index in [1.807, 2.05) is 0 Å². The van der Waals surface area contributed by atoms with Crippen LogP contribution in [-0.4, -0.2) is 30.8 Å². The van der Waals surface area contributed by atoms with Crippen LogP contribution in [0.2, 0.25) is 0 Å². The zero-order valence-electron chi connectivity index (χ0n) is 7.95. The van der Waals surface area contributed by atoms with Gasteiger partial charge in [0, 0.05) is 5.69 Å². The number of hydrogen-bond acceptors (Lipinski definition) is 4. The number of carboxylic acids is 1. The number of aromatic carboxylic acids is 1. The highest BCUT2D eigenvalue weighted by molar-refractivity contribution is 5.91. The molecule has 0 saturated heterocycles. The lowest BCUT2D eigenvalue weighted by Gasteiger charge is -2.04. The molecule has 0 aromatic carbocycles. The summed E-state index contributed by atoms with van der Waals surface area (Å²) in [6.07, 6.45) is 2.74. The van der Waals surface area contributed by atoms with E-state index in [1.54, 1.807) is 13.0 Å². The third-order valence-electron chi connectivity index (χ3n) is 1.88. The summed E-state index contributed by atoms with van der Waals surface area (Å²) in [7, 11) is 0. The molecule has 6 nitrogen and oxygen atoms in total. The van der Waals surface area contributed by atoms with Crippen molar-refractivity contribution in [2.24, 2.45) is 0 Å². The van der Waals surface area contributed by atoms with E-state index in [9.17, 15) is 4.79 Å². The molecule has 2 aromatic rings. The lowest BCUT2D eigenvalue weighted by molar-refractivity contribution is 0.0696. The van der Waals surface area contributed by atoms with Crippen LogP contribution in [0.4, 0.5) is 0 Å². The molecule has 0 saturated carbocycles. The fourth-order valence-electron chi connectivity index (χ4n) is 1.20. The SMILES string of the molecule is Cc1ccc(C(=O)O)c(-n2cncn2)n1. The topological polar surface area (TPSA) is 80.9 Å². The van der Waals surface area contributed by atoms with E-state index in [2.05, 4.69) is 15.1 Å². The highest BCUT2D eigenvalue weighted by Crippen LogP contribution is 2.11. The van der Waals surface area contributed by atoms with Crippen molar-refractivity contribution in [2.45, 2.75) is 6.92 Å². The van der Waals surface area contributed by atoms with Crippen molar-refractivity contribution in [1.29, 1.82) is 0 Å². The van der Waals surface area contributed by atoms with Gasteiger partial charge in [-0.25, -0.2) is 19.4 Å². The molecule has 0 bridgehead atoms. The van der Waals surface area contributed by atoms with Gasteiger partial charge in [0.05, 0.1) is 0 Å². The lowest BCUT2D eigenvalue weighted by atomic mass is 10.2. The first-order valence-corrected chi connectivity index (χ1v) is 4.24. The zero-order valence-corrected chi connectivity index (χ0v) is 7.95. The molecular weight excluding hydrogens is 196 g/mol. The minimum atomic E-state index is -1.03. The zero-order chi connectivity index (χ0) is 10.8. The molecule has 15 heavy (non-hydrogen) atoms. The Kier molecular flexibility index (Phi) is 2.17. The number of carboxylic acid groups (broad SMARTS) is 1. The van der Waals surface area contributed by atoms with E-state index in [4.69, 9.17) is 5.11 Å². The smallest absolute Gasteiger partial charge is 0.339 e. The number of carbonyl (C=O) groups is 1. The molecule has 0 amide bonds. The van der Waals surface area contributed by atoms with Crippen LogP contribution in [0.15, 0.2) is 24.8 Å². The van der Waals surface area contributed by atoms with E-state index in [1.165, 1.54) is 23.4 Å². The maximum absolute atomic E-state index is 10.9. The summed E-state index contributed by atoms with van der Waals surface area (Å²) < 4.78 is 1.33. The molecule has 2 rings (SSSR count). The van der Waals surface area contributed by atoms with Crippen molar-refractivity contribution in [3.63, 3.8) is 0 Å². The standard InChI is InChI=1S/C9H8N4O2/c1-6-2-3-7(9(14)15)8(12-6)13-5-10-4-11-13/h2-5H,1H3,(H,14,15). The second-order valence-electron chi connectivity index (χ2n) is 2.97. The van der Waals surface area contributed by atoms with Crippen molar-refractivity contribution in [3.05, 3.63) is 36.0 Å². The second kappa shape index (κ2) is 3.49. The molecular formula is C9H8N4O2. The normalized spacial score (nSPS) is 10.2. The average Bonchev–Trinajstić information content (AvgIpc) is 2.69. The van der Waals surface area contributed by atoms with Crippen LogP contribution in [0.5, 0.6) is 0 Å². The summed E-state index contributed by atoms with van der Waals surface area (Å²) in [6, 6.07) is 3.14. The summed E-state index contributed by atoms with van der Waals surface area (Å²) >= 11 is 0. The van der Waals surface area contributed by atoms with Crippen molar-refractivity contribution < 1.29 is 9.90 Å². The van der Waals surface area contributed by atoms with E-state index in [0.29, 0.717) is 0 Å². The Morgan fingerprint density at radius 2 is 2.27 bits per heavy atom.